The second-order valence-corrected chi connectivity index (χ2v) is 5.63. The molecule has 100 valence electrons. The maximum Gasteiger partial charge on any atom is 0.339 e. The summed E-state index contributed by atoms with van der Waals surface area (Å²) in [5, 5.41) is 18.2. The minimum atomic E-state index is -1.10. The molecule has 6 heteroatoms. The maximum atomic E-state index is 11.2. The average molecular weight is 397 g/mol. The van der Waals surface area contributed by atoms with Gasteiger partial charge in [0.05, 0.1) is 5.56 Å². The summed E-state index contributed by atoms with van der Waals surface area (Å²) in [6, 6.07) is 11.6. The summed E-state index contributed by atoms with van der Waals surface area (Å²) in [5.74, 6) is -0.614. The van der Waals surface area contributed by atoms with E-state index in [1.54, 1.807) is 24.3 Å². The zero-order valence-corrected chi connectivity index (χ0v) is 13.1. The van der Waals surface area contributed by atoms with Crippen LogP contribution in [-0.2, 0) is 0 Å². The van der Waals surface area contributed by atoms with Crippen molar-refractivity contribution in [2.45, 2.75) is 0 Å². The van der Waals surface area contributed by atoms with Gasteiger partial charge < -0.3 is 9.84 Å². The van der Waals surface area contributed by atoms with Crippen molar-refractivity contribution in [3.63, 3.8) is 0 Å². The molecule has 20 heavy (non-hydrogen) atoms. The van der Waals surface area contributed by atoms with Crippen LogP contribution < -0.4 is 4.74 Å². The van der Waals surface area contributed by atoms with Gasteiger partial charge in [-0.3, -0.25) is 0 Å². The highest BCUT2D eigenvalue weighted by Crippen LogP contribution is 2.31. The zero-order valence-electron chi connectivity index (χ0n) is 9.93. The summed E-state index contributed by atoms with van der Waals surface area (Å²) in [6.07, 6.45) is 0. The molecule has 0 aliphatic heterocycles. The number of hydrogen-bond acceptors (Lipinski definition) is 3. The van der Waals surface area contributed by atoms with Crippen LogP contribution in [0.3, 0.4) is 0 Å². The lowest BCUT2D eigenvalue weighted by Gasteiger charge is -2.10. The van der Waals surface area contributed by atoms with Crippen LogP contribution in [0.2, 0.25) is 0 Å². The van der Waals surface area contributed by atoms with E-state index >= 15 is 0 Å². The van der Waals surface area contributed by atoms with Crippen molar-refractivity contribution in [2.24, 2.45) is 0 Å². The fourth-order valence-corrected chi connectivity index (χ4v) is 2.28. The van der Waals surface area contributed by atoms with Gasteiger partial charge in [-0.25, -0.2) is 4.79 Å². The van der Waals surface area contributed by atoms with Gasteiger partial charge in [-0.05, 0) is 36.4 Å². The summed E-state index contributed by atoms with van der Waals surface area (Å²) in [7, 11) is 0. The number of carboxylic acids is 1. The topological polar surface area (TPSA) is 70.3 Å². The van der Waals surface area contributed by atoms with E-state index < -0.39 is 5.97 Å². The van der Waals surface area contributed by atoms with E-state index in [1.165, 1.54) is 12.1 Å². The lowest BCUT2D eigenvalue weighted by atomic mass is 10.2. The maximum absolute atomic E-state index is 11.2. The standard InChI is InChI=1S/C14H7Br2NO3/c15-9-1-3-12(8(5-9)7-17)20-13-4-2-10(16)6-11(13)14(18)19/h1-6H,(H,18,19). The quantitative estimate of drug-likeness (QED) is 0.824. The molecular weight excluding hydrogens is 390 g/mol. The van der Waals surface area contributed by atoms with E-state index in [9.17, 15) is 4.79 Å². The molecule has 0 radical (unpaired) electrons. The summed E-state index contributed by atoms with van der Waals surface area (Å²) >= 11 is 6.47. The van der Waals surface area contributed by atoms with Crippen molar-refractivity contribution in [1.29, 1.82) is 5.26 Å². The monoisotopic (exact) mass is 395 g/mol. The molecule has 0 fully saturated rings. The van der Waals surface area contributed by atoms with Crippen LogP contribution in [-0.4, -0.2) is 11.1 Å². The number of carbonyl (C=O) groups is 1. The van der Waals surface area contributed by atoms with Crippen LogP contribution in [0.4, 0.5) is 0 Å². The van der Waals surface area contributed by atoms with Crippen molar-refractivity contribution in [2.75, 3.05) is 0 Å². The number of halogens is 2. The molecule has 2 aromatic rings. The molecule has 4 nitrogen and oxygen atoms in total. The van der Waals surface area contributed by atoms with Crippen molar-refractivity contribution in [3.8, 4) is 17.6 Å². The van der Waals surface area contributed by atoms with Crippen LogP contribution >= 0.6 is 31.9 Å². The largest absolute Gasteiger partial charge is 0.478 e. The number of nitriles is 1. The van der Waals surface area contributed by atoms with Crippen LogP contribution in [0, 0.1) is 11.3 Å². The summed E-state index contributed by atoms with van der Waals surface area (Å²) < 4.78 is 6.94. The molecule has 0 amide bonds. The number of aromatic carboxylic acids is 1. The fraction of sp³-hybridized carbons (Fsp3) is 0. The van der Waals surface area contributed by atoms with Crippen LogP contribution in [0.25, 0.3) is 0 Å². The lowest BCUT2D eigenvalue weighted by molar-refractivity contribution is 0.0694. The first-order chi connectivity index (χ1) is 9.51. The molecule has 0 saturated carbocycles. The Kier molecular flexibility index (Phi) is 4.42. The fourth-order valence-electron chi connectivity index (χ4n) is 1.56. The minimum absolute atomic E-state index is 0.0196. The van der Waals surface area contributed by atoms with Crippen LogP contribution in [0.1, 0.15) is 15.9 Å². The second kappa shape index (κ2) is 6.07. The molecule has 0 atom stereocenters. The molecular formula is C14H7Br2NO3. The van der Waals surface area contributed by atoms with Crippen molar-refractivity contribution < 1.29 is 14.6 Å². The van der Waals surface area contributed by atoms with E-state index in [4.69, 9.17) is 15.1 Å². The van der Waals surface area contributed by atoms with Gasteiger partial charge in [0.2, 0.25) is 0 Å². The van der Waals surface area contributed by atoms with Crippen LogP contribution in [0.5, 0.6) is 11.5 Å². The van der Waals surface area contributed by atoms with E-state index in [1.807, 2.05) is 6.07 Å². The van der Waals surface area contributed by atoms with Gasteiger partial charge in [0.25, 0.3) is 0 Å². The SMILES string of the molecule is N#Cc1cc(Br)ccc1Oc1ccc(Br)cc1C(=O)O. The van der Waals surface area contributed by atoms with E-state index in [-0.39, 0.29) is 11.3 Å². The Balaban J connectivity index is 2.45. The molecule has 0 unspecified atom stereocenters. The molecule has 2 rings (SSSR count). The zero-order chi connectivity index (χ0) is 14.7. The number of rotatable bonds is 3. The van der Waals surface area contributed by atoms with Gasteiger partial charge in [-0.2, -0.15) is 5.26 Å². The Bertz CT molecular complexity index is 723. The Hall–Kier alpha value is -1.84. The highest BCUT2D eigenvalue weighted by Gasteiger charge is 2.14. The first-order valence-electron chi connectivity index (χ1n) is 5.41. The Morgan fingerprint density at radius 3 is 2.30 bits per heavy atom. The third-order valence-corrected chi connectivity index (χ3v) is 3.44. The third kappa shape index (κ3) is 3.18. The van der Waals surface area contributed by atoms with Gasteiger partial charge in [-0.15, -0.1) is 0 Å². The highest BCUT2D eigenvalue weighted by atomic mass is 79.9. The molecule has 0 aliphatic rings. The number of nitrogens with zero attached hydrogens (tertiary/aromatic N) is 1. The summed E-state index contributed by atoms with van der Waals surface area (Å²) in [5.41, 5.74) is 0.338. The molecule has 0 aliphatic carbocycles. The molecule has 0 bridgehead atoms. The molecule has 0 spiro atoms. The van der Waals surface area contributed by atoms with Crippen molar-refractivity contribution >= 4 is 37.8 Å². The van der Waals surface area contributed by atoms with Crippen LogP contribution in [0.15, 0.2) is 45.3 Å². The van der Waals surface area contributed by atoms with Gasteiger partial charge in [0.15, 0.2) is 0 Å². The second-order valence-electron chi connectivity index (χ2n) is 3.80. The van der Waals surface area contributed by atoms with Crippen molar-refractivity contribution in [1.82, 2.24) is 0 Å². The molecule has 2 aromatic carbocycles. The van der Waals surface area contributed by atoms with E-state index in [0.29, 0.717) is 15.8 Å². The minimum Gasteiger partial charge on any atom is -0.478 e. The first-order valence-corrected chi connectivity index (χ1v) is 7.00. The van der Waals surface area contributed by atoms with Crippen molar-refractivity contribution in [3.05, 3.63) is 56.5 Å². The Labute approximate surface area is 131 Å². The molecule has 0 aromatic heterocycles. The highest BCUT2D eigenvalue weighted by molar-refractivity contribution is 9.10. The third-order valence-electron chi connectivity index (χ3n) is 2.45. The average Bonchev–Trinajstić information content (AvgIpc) is 2.42. The number of benzene rings is 2. The first kappa shape index (κ1) is 14.6. The Morgan fingerprint density at radius 1 is 1.10 bits per heavy atom. The Morgan fingerprint density at radius 2 is 1.70 bits per heavy atom. The predicted octanol–water partition coefficient (Wildman–Crippen LogP) is 4.57. The number of carboxylic acid groups (broad SMARTS) is 1. The lowest BCUT2D eigenvalue weighted by Crippen LogP contribution is -2.00. The van der Waals surface area contributed by atoms with E-state index in [2.05, 4.69) is 31.9 Å². The van der Waals surface area contributed by atoms with Gasteiger partial charge in [0.1, 0.15) is 23.1 Å². The number of ether oxygens (including phenoxy) is 1. The van der Waals surface area contributed by atoms with E-state index in [0.717, 1.165) is 4.47 Å². The summed E-state index contributed by atoms with van der Waals surface area (Å²) in [4.78, 5) is 11.2. The molecule has 0 saturated heterocycles. The normalized spacial score (nSPS) is 9.85. The smallest absolute Gasteiger partial charge is 0.339 e. The van der Waals surface area contributed by atoms with Gasteiger partial charge in [-0.1, -0.05) is 31.9 Å². The molecule has 0 heterocycles. The molecule has 1 N–H and O–H groups in total. The number of hydrogen-bond donors (Lipinski definition) is 1. The van der Waals surface area contributed by atoms with Gasteiger partial charge >= 0.3 is 5.97 Å². The predicted molar refractivity (Wildman–Crippen MR) is 80.0 cm³/mol. The van der Waals surface area contributed by atoms with Gasteiger partial charge in [0, 0.05) is 8.95 Å². The summed E-state index contributed by atoms with van der Waals surface area (Å²) in [6.45, 7) is 0.